The monoisotopic (exact) mass is 625 g/mol. The second-order valence-corrected chi connectivity index (χ2v) is 13.6. The number of rotatable bonds is 3. The molecule has 1 aliphatic rings. The average molecular weight is 626 g/mol. The Bertz CT molecular complexity index is 2800. The third kappa shape index (κ3) is 4.25. The van der Waals surface area contributed by atoms with Crippen molar-refractivity contribution in [1.29, 1.82) is 0 Å². The lowest BCUT2D eigenvalue weighted by atomic mass is 9.82. The summed E-state index contributed by atoms with van der Waals surface area (Å²) >= 11 is 0. The van der Waals surface area contributed by atoms with E-state index in [4.69, 9.17) is 15.0 Å². The summed E-state index contributed by atoms with van der Waals surface area (Å²) in [5.41, 5.74) is 8.05. The van der Waals surface area contributed by atoms with Gasteiger partial charge in [0, 0.05) is 22.1 Å². The molecule has 0 spiro atoms. The summed E-state index contributed by atoms with van der Waals surface area (Å²) < 4.78 is 0. The Morgan fingerprint density at radius 1 is 0.347 bits per heavy atom. The van der Waals surface area contributed by atoms with Crippen molar-refractivity contribution < 1.29 is 0 Å². The normalized spacial score (nSPS) is 13.3. The Labute approximate surface area is 284 Å². The van der Waals surface area contributed by atoms with Gasteiger partial charge in [-0.2, -0.15) is 0 Å². The summed E-state index contributed by atoms with van der Waals surface area (Å²) in [6.07, 6.45) is 0. The molecule has 0 aliphatic heterocycles. The highest BCUT2D eigenvalue weighted by atomic mass is 15.0. The molecule has 9 aromatic rings. The van der Waals surface area contributed by atoms with Gasteiger partial charge in [-0.25, -0.2) is 15.0 Å². The molecule has 49 heavy (non-hydrogen) atoms. The van der Waals surface area contributed by atoms with Crippen molar-refractivity contribution in [3.63, 3.8) is 0 Å². The van der Waals surface area contributed by atoms with Crippen molar-refractivity contribution in [2.45, 2.75) is 19.3 Å². The number of aromatic nitrogens is 3. The van der Waals surface area contributed by atoms with Crippen molar-refractivity contribution in [1.82, 2.24) is 15.0 Å². The number of hydrogen-bond donors (Lipinski definition) is 0. The van der Waals surface area contributed by atoms with Crippen LogP contribution in [0.1, 0.15) is 25.0 Å². The third-order valence-corrected chi connectivity index (χ3v) is 10.5. The minimum Gasteiger partial charge on any atom is -0.208 e. The Kier molecular flexibility index (Phi) is 5.92. The SMILES string of the molecule is CC1(C)c2ccccc2-c2ccc(-c3nc(-c4ccccc4)nc(-c4ccc5c(ccc6c5ccc5c7ccccc7ccc56)c4)n3)cc21. The van der Waals surface area contributed by atoms with Gasteiger partial charge in [-0.1, -0.05) is 153 Å². The van der Waals surface area contributed by atoms with Gasteiger partial charge in [0.05, 0.1) is 0 Å². The Morgan fingerprint density at radius 3 is 1.63 bits per heavy atom. The van der Waals surface area contributed by atoms with E-state index in [0.717, 1.165) is 22.1 Å². The maximum absolute atomic E-state index is 5.14. The molecule has 3 nitrogen and oxygen atoms in total. The van der Waals surface area contributed by atoms with Gasteiger partial charge in [0.2, 0.25) is 0 Å². The fourth-order valence-electron chi connectivity index (χ4n) is 7.98. The molecule has 0 saturated carbocycles. The molecule has 3 heteroatoms. The lowest BCUT2D eigenvalue weighted by molar-refractivity contribution is 0.660. The maximum atomic E-state index is 5.14. The summed E-state index contributed by atoms with van der Waals surface area (Å²) in [4.78, 5) is 15.2. The smallest absolute Gasteiger partial charge is 0.164 e. The van der Waals surface area contributed by atoms with Crippen LogP contribution in [0.2, 0.25) is 0 Å². The molecular formula is C46H31N3. The van der Waals surface area contributed by atoms with Crippen molar-refractivity contribution in [3.05, 3.63) is 163 Å². The summed E-state index contributed by atoms with van der Waals surface area (Å²) in [7, 11) is 0. The number of benzene rings is 8. The van der Waals surface area contributed by atoms with E-state index >= 15 is 0 Å². The van der Waals surface area contributed by atoms with Crippen LogP contribution in [-0.4, -0.2) is 15.0 Å². The molecule has 0 N–H and O–H groups in total. The molecule has 0 radical (unpaired) electrons. The van der Waals surface area contributed by atoms with Gasteiger partial charge in [-0.15, -0.1) is 0 Å². The highest BCUT2D eigenvalue weighted by Gasteiger charge is 2.35. The highest BCUT2D eigenvalue weighted by molar-refractivity contribution is 6.22. The zero-order chi connectivity index (χ0) is 32.7. The van der Waals surface area contributed by atoms with Crippen LogP contribution >= 0.6 is 0 Å². The topological polar surface area (TPSA) is 38.7 Å². The van der Waals surface area contributed by atoms with Crippen molar-refractivity contribution in [2.75, 3.05) is 0 Å². The quantitative estimate of drug-likeness (QED) is 0.183. The zero-order valence-corrected chi connectivity index (χ0v) is 27.3. The molecule has 10 rings (SSSR count). The van der Waals surface area contributed by atoms with Crippen molar-refractivity contribution in [3.8, 4) is 45.3 Å². The molecule has 0 fully saturated rings. The van der Waals surface area contributed by atoms with Crippen LogP contribution in [0, 0.1) is 0 Å². The first-order chi connectivity index (χ1) is 24.0. The van der Waals surface area contributed by atoms with Gasteiger partial charge in [-0.05, 0) is 77.5 Å². The van der Waals surface area contributed by atoms with Gasteiger partial charge in [-0.3, -0.25) is 0 Å². The van der Waals surface area contributed by atoms with E-state index < -0.39 is 0 Å². The molecule has 0 bridgehead atoms. The molecule has 230 valence electrons. The van der Waals surface area contributed by atoms with Gasteiger partial charge in [0.1, 0.15) is 0 Å². The summed E-state index contributed by atoms with van der Waals surface area (Å²) in [5, 5.41) is 9.99. The van der Waals surface area contributed by atoms with E-state index in [2.05, 4.69) is 147 Å². The van der Waals surface area contributed by atoms with Gasteiger partial charge >= 0.3 is 0 Å². The number of hydrogen-bond acceptors (Lipinski definition) is 3. The lowest BCUT2D eigenvalue weighted by Crippen LogP contribution is -2.15. The summed E-state index contributed by atoms with van der Waals surface area (Å²) in [6, 6.07) is 54.3. The van der Waals surface area contributed by atoms with E-state index in [9.17, 15) is 0 Å². The largest absolute Gasteiger partial charge is 0.208 e. The lowest BCUT2D eigenvalue weighted by Gasteiger charge is -2.21. The van der Waals surface area contributed by atoms with Crippen molar-refractivity contribution >= 4 is 43.1 Å². The van der Waals surface area contributed by atoms with E-state index in [1.54, 1.807) is 0 Å². The first-order valence-electron chi connectivity index (χ1n) is 16.9. The molecule has 0 atom stereocenters. The zero-order valence-electron chi connectivity index (χ0n) is 27.3. The second-order valence-electron chi connectivity index (χ2n) is 13.6. The van der Waals surface area contributed by atoms with Gasteiger partial charge in [0.15, 0.2) is 17.5 Å². The second kappa shape index (κ2) is 10.4. The standard InChI is InChI=1S/C46H31N3/c1-46(2)41-15-9-8-14-39(41)40-23-19-32(27-42(40)46)45-48-43(29-11-4-3-5-12-29)47-44(49-45)31-18-20-34-30(26-31)17-22-38-36(34)25-24-35-33-13-7-6-10-28(33)16-21-37(35)38/h3-27H,1-2H3. The first kappa shape index (κ1) is 27.9. The van der Waals surface area contributed by atoms with Gasteiger partial charge in [0.25, 0.3) is 0 Å². The van der Waals surface area contributed by atoms with E-state index in [-0.39, 0.29) is 5.41 Å². The summed E-state index contributed by atoms with van der Waals surface area (Å²) in [5.74, 6) is 2.01. The Morgan fingerprint density at radius 2 is 0.857 bits per heavy atom. The van der Waals surface area contributed by atoms with Crippen LogP contribution in [0.25, 0.3) is 88.4 Å². The fraction of sp³-hybridized carbons (Fsp3) is 0.0652. The molecule has 0 amide bonds. The third-order valence-electron chi connectivity index (χ3n) is 10.5. The minimum atomic E-state index is -0.112. The van der Waals surface area contributed by atoms with Gasteiger partial charge < -0.3 is 0 Å². The van der Waals surface area contributed by atoms with E-state index in [1.165, 1.54) is 60.0 Å². The molecule has 8 aromatic carbocycles. The van der Waals surface area contributed by atoms with Crippen LogP contribution in [0.5, 0.6) is 0 Å². The predicted molar refractivity (Wildman–Crippen MR) is 204 cm³/mol. The molecule has 1 aromatic heterocycles. The van der Waals surface area contributed by atoms with Crippen LogP contribution < -0.4 is 0 Å². The molecule has 1 heterocycles. The minimum absolute atomic E-state index is 0.112. The van der Waals surface area contributed by atoms with Crippen LogP contribution in [0.4, 0.5) is 0 Å². The number of nitrogens with zero attached hydrogens (tertiary/aromatic N) is 3. The molecule has 1 aliphatic carbocycles. The predicted octanol–water partition coefficient (Wildman–Crippen LogP) is 11.8. The first-order valence-corrected chi connectivity index (χ1v) is 16.9. The maximum Gasteiger partial charge on any atom is 0.164 e. The Hall–Kier alpha value is -6.19. The Balaban J connectivity index is 1.13. The molecule has 0 unspecified atom stereocenters. The molecular weight excluding hydrogens is 595 g/mol. The average Bonchev–Trinajstić information content (AvgIpc) is 3.39. The molecule has 0 saturated heterocycles. The highest BCUT2D eigenvalue weighted by Crippen LogP contribution is 2.49. The van der Waals surface area contributed by atoms with Crippen molar-refractivity contribution in [2.24, 2.45) is 0 Å². The number of fused-ring (bicyclic) bond motifs is 10. The van der Waals surface area contributed by atoms with E-state index in [1.807, 2.05) is 18.2 Å². The summed E-state index contributed by atoms with van der Waals surface area (Å²) in [6.45, 7) is 4.61. The van der Waals surface area contributed by atoms with E-state index in [0.29, 0.717) is 17.5 Å². The fourth-order valence-corrected chi connectivity index (χ4v) is 7.98. The van der Waals surface area contributed by atoms with Crippen LogP contribution in [0.3, 0.4) is 0 Å². The van der Waals surface area contributed by atoms with Crippen LogP contribution in [-0.2, 0) is 5.41 Å². The van der Waals surface area contributed by atoms with Crippen LogP contribution in [0.15, 0.2) is 152 Å².